The first-order chi connectivity index (χ1) is 11.3. The summed E-state index contributed by atoms with van der Waals surface area (Å²) in [5, 5.41) is 9.43. The van der Waals surface area contributed by atoms with E-state index in [2.05, 4.69) is 10.3 Å². The van der Waals surface area contributed by atoms with Gasteiger partial charge in [-0.25, -0.2) is 4.68 Å². The molecule has 0 aromatic carbocycles. The highest BCUT2D eigenvalue weighted by Gasteiger charge is 2.27. The fraction of sp³-hybridized carbons (Fsp3) is 0.588. The van der Waals surface area contributed by atoms with Crippen LogP contribution in [0.2, 0.25) is 0 Å². The van der Waals surface area contributed by atoms with E-state index in [1.165, 1.54) is 5.56 Å². The lowest BCUT2D eigenvalue weighted by Gasteiger charge is -2.17. The molecule has 0 saturated carbocycles. The maximum absolute atomic E-state index is 12.5. The van der Waals surface area contributed by atoms with Crippen LogP contribution in [0.15, 0.2) is 4.79 Å². The molecule has 6 nitrogen and oxygen atoms in total. The van der Waals surface area contributed by atoms with Gasteiger partial charge in [0, 0.05) is 23.9 Å². The fourth-order valence-corrected chi connectivity index (χ4v) is 4.02. The number of nitrogens with zero attached hydrogens (tertiary/aromatic N) is 2. The predicted octanol–water partition coefficient (Wildman–Crippen LogP) is 1.62. The summed E-state index contributed by atoms with van der Waals surface area (Å²) in [5.41, 5.74) is 4.00. The molecule has 1 atom stereocenters. The minimum Gasteiger partial charge on any atom is -0.309 e. The van der Waals surface area contributed by atoms with Gasteiger partial charge in [-0.1, -0.05) is 0 Å². The Bertz CT molecular complexity index is 799. The zero-order chi connectivity index (χ0) is 15.8. The highest BCUT2D eigenvalue weighted by Crippen LogP contribution is 2.33. The van der Waals surface area contributed by atoms with Crippen molar-refractivity contribution in [2.45, 2.75) is 57.5 Å². The lowest BCUT2D eigenvalue weighted by Crippen LogP contribution is -2.20. The van der Waals surface area contributed by atoms with E-state index in [0.29, 0.717) is 13.0 Å². The molecule has 1 fully saturated rings. The van der Waals surface area contributed by atoms with Crippen LogP contribution in [0.4, 0.5) is 0 Å². The molecule has 2 N–H and O–H groups in total. The second-order valence-corrected chi connectivity index (χ2v) is 6.55. The van der Waals surface area contributed by atoms with Gasteiger partial charge in [0.25, 0.3) is 5.56 Å². The fourth-order valence-electron chi connectivity index (χ4n) is 4.02. The van der Waals surface area contributed by atoms with Crippen LogP contribution in [-0.2, 0) is 24.2 Å². The number of hydrogen-bond acceptors (Lipinski definition) is 4. The van der Waals surface area contributed by atoms with Crippen molar-refractivity contribution in [1.29, 1.82) is 0 Å². The molecule has 0 bridgehead atoms. The Labute approximate surface area is 134 Å². The number of rotatable bonds is 4. The maximum Gasteiger partial charge on any atom is 0.253 e. The molecule has 2 aliphatic rings. The van der Waals surface area contributed by atoms with Crippen molar-refractivity contribution < 1.29 is 4.79 Å². The molecule has 1 saturated heterocycles. The maximum atomic E-state index is 12.5. The van der Waals surface area contributed by atoms with E-state index in [1.54, 1.807) is 0 Å². The molecule has 122 valence electrons. The molecule has 0 amide bonds. The number of aldehydes is 1. The third-order valence-corrected chi connectivity index (χ3v) is 5.10. The van der Waals surface area contributed by atoms with Crippen molar-refractivity contribution in [3.8, 4) is 0 Å². The largest absolute Gasteiger partial charge is 0.309 e. The van der Waals surface area contributed by atoms with Gasteiger partial charge in [-0.3, -0.25) is 4.79 Å². The molecule has 3 heterocycles. The molecule has 0 spiro atoms. The molecule has 6 heteroatoms. The molecule has 0 unspecified atom stereocenters. The number of aromatic amines is 1. The zero-order valence-electron chi connectivity index (χ0n) is 13.2. The van der Waals surface area contributed by atoms with Gasteiger partial charge in [-0.15, -0.1) is 0 Å². The summed E-state index contributed by atoms with van der Waals surface area (Å²) in [6.45, 7) is 1.53. The molecule has 0 radical (unpaired) electrons. The number of fused-ring (bicyclic) bond motifs is 3. The van der Waals surface area contributed by atoms with Gasteiger partial charge in [0.05, 0.1) is 11.7 Å². The van der Waals surface area contributed by atoms with Crippen molar-refractivity contribution in [1.82, 2.24) is 20.1 Å². The van der Waals surface area contributed by atoms with E-state index in [1.807, 2.05) is 4.68 Å². The van der Waals surface area contributed by atoms with E-state index in [9.17, 15) is 9.59 Å². The second-order valence-electron chi connectivity index (χ2n) is 6.55. The summed E-state index contributed by atoms with van der Waals surface area (Å²) in [6.07, 6.45) is 7.56. The van der Waals surface area contributed by atoms with Crippen LogP contribution in [-0.4, -0.2) is 27.6 Å². The van der Waals surface area contributed by atoms with Crippen LogP contribution in [0.1, 0.15) is 55.0 Å². The Kier molecular flexibility index (Phi) is 3.77. The van der Waals surface area contributed by atoms with E-state index < -0.39 is 0 Å². The number of hydrogen-bond donors (Lipinski definition) is 2. The van der Waals surface area contributed by atoms with Crippen LogP contribution < -0.4 is 10.9 Å². The number of carbonyl (C=O) groups excluding carboxylic acids is 1. The minimum atomic E-state index is 0.0189. The molecule has 1 aliphatic heterocycles. The van der Waals surface area contributed by atoms with Crippen LogP contribution >= 0.6 is 0 Å². The van der Waals surface area contributed by atoms with Crippen LogP contribution in [0.25, 0.3) is 11.0 Å². The van der Waals surface area contributed by atoms with Crippen molar-refractivity contribution in [2.24, 2.45) is 0 Å². The first-order valence-electron chi connectivity index (χ1n) is 8.61. The van der Waals surface area contributed by atoms with E-state index in [4.69, 9.17) is 5.10 Å². The summed E-state index contributed by atoms with van der Waals surface area (Å²) >= 11 is 0. The number of carbonyl (C=O) groups is 1. The van der Waals surface area contributed by atoms with E-state index in [-0.39, 0.29) is 11.6 Å². The van der Waals surface area contributed by atoms with E-state index in [0.717, 1.165) is 73.6 Å². The van der Waals surface area contributed by atoms with Gasteiger partial charge < -0.3 is 15.1 Å². The van der Waals surface area contributed by atoms with Crippen LogP contribution in [0.5, 0.6) is 0 Å². The van der Waals surface area contributed by atoms with Crippen LogP contribution in [0.3, 0.4) is 0 Å². The summed E-state index contributed by atoms with van der Waals surface area (Å²) in [7, 11) is 0. The molecular weight excluding hydrogens is 292 g/mol. The zero-order valence-corrected chi connectivity index (χ0v) is 13.2. The minimum absolute atomic E-state index is 0.0189. The Morgan fingerprint density at radius 2 is 2.04 bits per heavy atom. The van der Waals surface area contributed by atoms with Gasteiger partial charge in [0.1, 0.15) is 11.9 Å². The molecular formula is C17H22N4O2. The van der Waals surface area contributed by atoms with Crippen molar-refractivity contribution in [3.63, 3.8) is 0 Å². The summed E-state index contributed by atoms with van der Waals surface area (Å²) in [5.74, 6) is 0. The standard InChI is InChI=1S/C17H22N4O2/c22-10-4-9-21-16-14(15(20-21)13-7-3-8-18-13)11-5-1-2-6-12(11)17(23)19-16/h10,13,18H,1-9H2,(H,19,23)/t13-/m1/s1. The first kappa shape index (κ1) is 14.6. The van der Waals surface area contributed by atoms with Gasteiger partial charge >= 0.3 is 0 Å². The van der Waals surface area contributed by atoms with Gasteiger partial charge in [0.15, 0.2) is 0 Å². The molecule has 23 heavy (non-hydrogen) atoms. The molecule has 1 aliphatic carbocycles. The lowest BCUT2D eigenvalue weighted by molar-refractivity contribution is -0.108. The van der Waals surface area contributed by atoms with Crippen molar-refractivity contribution in [2.75, 3.05) is 6.54 Å². The topological polar surface area (TPSA) is 79.8 Å². The van der Waals surface area contributed by atoms with Gasteiger partial charge in [0.2, 0.25) is 0 Å². The number of nitrogens with one attached hydrogen (secondary N) is 2. The highest BCUT2D eigenvalue weighted by molar-refractivity contribution is 5.84. The Morgan fingerprint density at radius 1 is 1.22 bits per heavy atom. The highest BCUT2D eigenvalue weighted by atomic mass is 16.1. The average molecular weight is 314 g/mol. The Morgan fingerprint density at radius 3 is 2.78 bits per heavy atom. The summed E-state index contributed by atoms with van der Waals surface area (Å²) < 4.78 is 1.81. The Hall–Kier alpha value is -1.95. The smallest absolute Gasteiger partial charge is 0.253 e. The van der Waals surface area contributed by atoms with E-state index >= 15 is 0 Å². The van der Waals surface area contributed by atoms with Crippen molar-refractivity contribution >= 4 is 17.3 Å². The first-order valence-corrected chi connectivity index (χ1v) is 8.61. The monoisotopic (exact) mass is 314 g/mol. The number of aromatic nitrogens is 3. The third kappa shape index (κ3) is 2.41. The normalized spacial score (nSPS) is 20.8. The SMILES string of the molecule is O=CCCn1nc([C@H]2CCCN2)c2c3c(c(=O)[nH]c21)CCCC3. The summed E-state index contributed by atoms with van der Waals surface area (Å²) in [4.78, 5) is 26.2. The van der Waals surface area contributed by atoms with Gasteiger partial charge in [-0.05, 0) is 50.6 Å². The number of H-pyrrole nitrogens is 1. The molecule has 2 aromatic rings. The van der Waals surface area contributed by atoms with Crippen LogP contribution in [0, 0.1) is 0 Å². The predicted molar refractivity (Wildman–Crippen MR) is 87.7 cm³/mol. The molecule has 4 rings (SSSR count). The van der Waals surface area contributed by atoms with Gasteiger partial charge in [-0.2, -0.15) is 5.10 Å². The second kappa shape index (κ2) is 5.92. The average Bonchev–Trinajstić information content (AvgIpc) is 3.21. The molecule has 2 aromatic heterocycles. The quantitative estimate of drug-likeness (QED) is 0.840. The number of pyridine rings is 1. The lowest BCUT2D eigenvalue weighted by atomic mass is 9.89. The number of aryl methyl sites for hydroxylation is 2. The Balaban J connectivity index is 1.95. The summed E-state index contributed by atoms with van der Waals surface area (Å²) in [6, 6.07) is 0.256. The van der Waals surface area contributed by atoms with Crippen molar-refractivity contribution in [3.05, 3.63) is 27.2 Å². The third-order valence-electron chi connectivity index (χ3n) is 5.10.